The lowest BCUT2D eigenvalue weighted by molar-refractivity contribution is -0.137. The van der Waals surface area contributed by atoms with Gasteiger partial charge in [-0.3, -0.25) is 9.59 Å². The summed E-state index contributed by atoms with van der Waals surface area (Å²) in [7, 11) is 1.68. The van der Waals surface area contributed by atoms with Gasteiger partial charge in [0.2, 0.25) is 5.91 Å². The molecular formula is C13H25N3O4. The van der Waals surface area contributed by atoms with Gasteiger partial charge in [0.05, 0.1) is 6.54 Å². The van der Waals surface area contributed by atoms with Crippen molar-refractivity contribution >= 4 is 17.9 Å². The van der Waals surface area contributed by atoms with Gasteiger partial charge in [-0.05, 0) is 19.8 Å². The largest absolute Gasteiger partial charge is 0.481 e. The zero-order valence-corrected chi connectivity index (χ0v) is 12.3. The number of likely N-dealkylation sites (N-methyl/N-ethyl adjacent to an activating group) is 1. The number of nitrogens with zero attached hydrogens (tertiary/aromatic N) is 1. The smallest absolute Gasteiger partial charge is 0.315 e. The second-order valence-corrected chi connectivity index (χ2v) is 4.58. The van der Waals surface area contributed by atoms with Gasteiger partial charge in [-0.15, -0.1) is 0 Å². The predicted molar refractivity (Wildman–Crippen MR) is 75.4 cm³/mol. The molecule has 0 aromatic heterocycles. The fourth-order valence-corrected chi connectivity index (χ4v) is 1.49. The molecule has 0 aliphatic rings. The Labute approximate surface area is 119 Å². The number of carbonyl (C=O) groups excluding carboxylic acids is 2. The first-order valence-electron chi connectivity index (χ1n) is 6.94. The zero-order valence-electron chi connectivity index (χ0n) is 12.3. The first-order valence-corrected chi connectivity index (χ1v) is 6.94. The fourth-order valence-electron chi connectivity index (χ4n) is 1.49. The number of amides is 3. The normalized spacial score (nSPS) is 9.90. The van der Waals surface area contributed by atoms with Crippen LogP contribution < -0.4 is 10.6 Å². The number of hydrogen-bond donors (Lipinski definition) is 3. The number of urea groups is 1. The van der Waals surface area contributed by atoms with Gasteiger partial charge < -0.3 is 20.6 Å². The van der Waals surface area contributed by atoms with Gasteiger partial charge >= 0.3 is 12.0 Å². The number of carboxylic acid groups (broad SMARTS) is 1. The summed E-state index contributed by atoms with van der Waals surface area (Å²) in [6.07, 6.45) is 3.39. The maximum atomic E-state index is 11.4. The van der Waals surface area contributed by atoms with Crippen molar-refractivity contribution in [2.45, 2.75) is 39.0 Å². The lowest BCUT2D eigenvalue weighted by Crippen LogP contribution is -2.42. The van der Waals surface area contributed by atoms with E-state index in [1.807, 2.05) is 6.92 Å². The Hall–Kier alpha value is -1.79. The molecule has 116 valence electrons. The van der Waals surface area contributed by atoms with Crippen molar-refractivity contribution in [2.24, 2.45) is 0 Å². The maximum absolute atomic E-state index is 11.4. The van der Waals surface area contributed by atoms with E-state index >= 15 is 0 Å². The quantitative estimate of drug-likeness (QED) is 0.517. The predicted octanol–water partition coefficient (Wildman–Crippen LogP) is 0.799. The molecule has 0 aromatic carbocycles. The number of carboxylic acids is 1. The molecule has 7 nitrogen and oxygen atoms in total. The molecule has 3 amide bonds. The third kappa shape index (κ3) is 10.2. The Balaban J connectivity index is 3.45. The van der Waals surface area contributed by atoms with E-state index in [0.29, 0.717) is 19.5 Å². The van der Waals surface area contributed by atoms with Crippen LogP contribution in [0.4, 0.5) is 4.79 Å². The summed E-state index contributed by atoms with van der Waals surface area (Å²) in [5.41, 5.74) is 0. The number of aliphatic carboxylic acids is 1. The van der Waals surface area contributed by atoms with Crippen LogP contribution in [-0.2, 0) is 9.59 Å². The molecule has 0 unspecified atom stereocenters. The first-order chi connectivity index (χ1) is 9.47. The number of carbonyl (C=O) groups is 3. The minimum atomic E-state index is -0.774. The van der Waals surface area contributed by atoms with E-state index < -0.39 is 5.97 Å². The molecule has 0 aliphatic heterocycles. The van der Waals surface area contributed by atoms with E-state index in [4.69, 9.17) is 5.11 Å². The van der Waals surface area contributed by atoms with Gasteiger partial charge in [0.25, 0.3) is 0 Å². The molecule has 0 heterocycles. The van der Waals surface area contributed by atoms with E-state index in [1.165, 1.54) is 4.90 Å². The molecule has 0 fully saturated rings. The van der Waals surface area contributed by atoms with Crippen molar-refractivity contribution in [1.29, 1.82) is 0 Å². The van der Waals surface area contributed by atoms with Crippen molar-refractivity contribution in [3.63, 3.8) is 0 Å². The third-order valence-corrected chi connectivity index (χ3v) is 2.90. The van der Waals surface area contributed by atoms with Crippen molar-refractivity contribution in [1.82, 2.24) is 15.5 Å². The van der Waals surface area contributed by atoms with E-state index in [2.05, 4.69) is 10.6 Å². The maximum Gasteiger partial charge on any atom is 0.315 e. The lowest BCUT2D eigenvalue weighted by atomic mass is 10.1. The summed E-state index contributed by atoms with van der Waals surface area (Å²) in [6.45, 7) is 2.99. The van der Waals surface area contributed by atoms with Crippen LogP contribution >= 0.6 is 0 Å². The van der Waals surface area contributed by atoms with E-state index in [0.717, 1.165) is 19.3 Å². The first kappa shape index (κ1) is 18.2. The van der Waals surface area contributed by atoms with E-state index in [9.17, 15) is 14.4 Å². The molecule has 20 heavy (non-hydrogen) atoms. The summed E-state index contributed by atoms with van der Waals surface area (Å²) in [5, 5.41) is 13.6. The van der Waals surface area contributed by atoms with Gasteiger partial charge in [-0.1, -0.05) is 12.8 Å². The topological polar surface area (TPSA) is 98.7 Å². The highest BCUT2D eigenvalue weighted by Gasteiger charge is 2.07. The van der Waals surface area contributed by atoms with Gasteiger partial charge in [-0.25, -0.2) is 4.79 Å². The van der Waals surface area contributed by atoms with Crippen LogP contribution in [0.15, 0.2) is 0 Å². The molecule has 0 aliphatic carbocycles. The third-order valence-electron chi connectivity index (χ3n) is 2.90. The molecular weight excluding hydrogens is 262 g/mol. The van der Waals surface area contributed by atoms with Crippen LogP contribution in [0.2, 0.25) is 0 Å². The van der Waals surface area contributed by atoms with Gasteiger partial charge in [0.1, 0.15) is 0 Å². The van der Waals surface area contributed by atoms with Crippen molar-refractivity contribution < 1.29 is 19.5 Å². The molecule has 0 spiro atoms. The molecule has 0 bridgehead atoms. The molecule has 0 saturated carbocycles. The Kier molecular flexibility index (Phi) is 10.1. The number of rotatable bonds is 10. The Morgan fingerprint density at radius 1 is 1.05 bits per heavy atom. The summed E-state index contributed by atoms with van der Waals surface area (Å²) < 4.78 is 0. The zero-order chi connectivity index (χ0) is 15.4. The van der Waals surface area contributed by atoms with E-state index in [-0.39, 0.29) is 24.9 Å². The Bertz CT molecular complexity index is 321. The molecule has 0 saturated heterocycles. The van der Waals surface area contributed by atoms with Crippen LogP contribution in [-0.4, -0.2) is 54.6 Å². The van der Waals surface area contributed by atoms with Crippen molar-refractivity contribution in [2.75, 3.05) is 26.7 Å². The van der Waals surface area contributed by atoms with Crippen LogP contribution in [0.25, 0.3) is 0 Å². The average molecular weight is 287 g/mol. The summed E-state index contributed by atoms with van der Waals surface area (Å²) in [4.78, 5) is 34.6. The van der Waals surface area contributed by atoms with E-state index in [1.54, 1.807) is 7.05 Å². The average Bonchev–Trinajstić information content (AvgIpc) is 2.42. The van der Waals surface area contributed by atoms with Crippen LogP contribution in [0.5, 0.6) is 0 Å². The summed E-state index contributed by atoms with van der Waals surface area (Å²) in [5.74, 6) is -0.902. The van der Waals surface area contributed by atoms with Crippen molar-refractivity contribution in [3.05, 3.63) is 0 Å². The highest BCUT2D eigenvalue weighted by atomic mass is 16.4. The minimum absolute atomic E-state index is 0.00517. The molecule has 0 atom stereocenters. The fraction of sp³-hybridized carbons (Fsp3) is 0.769. The summed E-state index contributed by atoms with van der Waals surface area (Å²) >= 11 is 0. The van der Waals surface area contributed by atoms with Crippen molar-refractivity contribution in [3.8, 4) is 0 Å². The molecule has 0 rings (SSSR count). The second-order valence-electron chi connectivity index (χ2n) is 4.58. The minimum Gasteiger partial charge on any atom is -0.481 e. The highest BCUT2D eigenvalue weighted by molar-refractivity contribution is 5.83. The Morgan fingerprint density at radius 3 is 2.30 bits per heavy atom. The number of hydrogen-bond acceptors (Lipinski definition) is 3. The molecule has 0 aromatic rings. The Morgan fingerprint density at radius 2 is 1.70 bits per heavy atom. The second kappa shape index (κ2) is 11.1. The van der Waals surface area contributed by atoms with Gasteiger partial charge in [0.15, 0.2) is 0 Å². The monoisotopic (exact) mass is 287 g/mol. The molecule has 3 N–H and O–H groups in total. The van der Waals surface area contributed by atoms with Crippen LogP contribution in [0.3, 0.4) is 0 Å². The highest BCUT2D eigenvalue weighted by Crippen LogP contribution is 2.01. The van der Waals surface area contributed by atoms with Gasteiger partial charge in [-0.2, -0.15) is 0 Å². The number of unbranched alkanes of at least 4 members (excludes halogenated alkanes) is 3. The van der Waals surface area contributed by atoms with Gasteiger partial charge in [0, 0.05) is 26.6 Å². The van der Waals surface area contributed by atoms with Crippen LogP contribution in [0, 0.1) is 0 Å². The summed E-state index contributed by atoms with van der Waals surface area (Å²) in [6, 6.07) is -0.353. The molecule has 0 radical (unpaired) electrons. The SMILES string of the molecule is CCN(C)C(=O)CNC(=O)NCCCCCCC(=O)O. The molecule has 7 heteroatoms. The standard InChI is InChI=1S/C13H25N3O4/c1-3-16(2)11(17)10-15-13(20)14-9-7-5-4-6-8-12(18)19/h3-10H2,1-2H3,(H,18,19)(H2,14,15,20). The number of nitrogens with one attached hydrogen (secondary N) is 2. The van der Waals surface area contributed by atoms with Crippen LogP contribution in [0.1, 0.15) is 39.0 Å². The lowest BCUT2D eigenvalue weighted by Gasteiger charge is -2.14.